The van der Waals surface area contributed by atoms with E-state index in [-0.39, 0.29) is 12.4 Å². The number of hydrogen-bond acceptors (Lipinski definition) is 7. The van der Waals surface area contributed by atoms with Crippen LogP contribution in [0.15, 0.2) is 65.0 Å². The first-order valence-corrected chi connectivity index (χ1v) is 11.2. The van der Waals surface area contributed by atoms with Gasteiger partial charge in [-0.05, 0) is 55.2 Å². The van der Waals surface area contributed by atoms with Crippen LogP contribution >= 0.6 is 0 Å². The molecular formula is C27H29NO6. The molecule has 1 unspecified atom stereocenters. The second-order valence-corrected chi connectivity index (χ2v) is 8.30. The molecule has 7 heteroatoms. The zero-order chi connectivity index (χ0) is 24.2. The molecule has 2 aromatic rings. The Labute approximate surface area is 199 Å². The third-order valence-electron chi connectivity index (χ3n) is 6.27. The fourth-order valence-corrected chi connectivity index (χ4v) is 4.57. The standard InChI is InChI=1S/C27H29NO6/c1-16-24(27(30)34-15-17-8-11-19(31-2)12-9-17)25(26-20(28-16)6-5-7-21(26)29)18-10-13-22(32-3)23(14-18)33-4/h8-14,25,28H,5-7,15H2,1-4H3. The minimum absolute atomic E-state index is 0.0430. The highest BCUT2D eigenvalue weighted by molar-refractivity contribution is 6.03. The van der Waals surface area contributed by atoms with Gasteiger partial charge in [-0.25, -0.2) is 4.79 Å². The molecule has 34 heavy (non-hydrogen) atoms. The fourth-order valence-electron chi connectivity index (χ4n) is 4.57. The summed E-state index contributed by atoms with van der Waals surface area (Å²) in [5.41, 5.74) is 4.23. The van der Waals surface area contributed by atoms with Gasteiger partial charge in [0.2, 0.25) is 0 Å². The van der Waals surface area contributed by atoms with E-state index in [0.29, 0.717) is 34.8 Å². The molecule has 0 saturated carbocycles. The molecule has 178 valence electrons. The van der Waals surface area contributed by atoms with Gasteiger partial charge in [0.25, 0.3) is 0 Å². The predicted octanol–water partition coefficient (Wildman–Crippen LogP) is 4.42. The smallest absolute Gasteiger partial charge is 0.337 e. The molecule has 7 nitrogen and oxygen atoms in total. The maximum absolute atomic E-state index is 13.4. The molecule has 0 amide bonds. The molecule has 1 N–H and O–H groups in total. The Balaban J connectivity index is 1.70. The monoisotopic (exact) mass is 463 g/mol. The van der Waals surface area contributed by atoms with E-state index in [1.807, 2.05) is 43.3 Å². The van der Waals surface area contributed by atoms with E-state index in [1.165, 1.54) is 0 Å². The molecule has 2 aromatic carbocycles. The van der Waals surface area contributed by atoms with Gasteiger partial charge in [-0.15, -0.1) is 0 Å². The van der Waals surface area contributed by atoms with E-state index in [9.17, 15) is 9.59 Å². The molecule has 0 spiro atoms. The van der Waals surface area contributed by atoms with Gasteiger partial charge in [0.1, 0.15) is 12.4 Å². The second kappa shape index (κ2) is 10.0. The zero-order valence-electron chi connectivity index (χ0n) is 19.9. The number of allylic oxidation sites excluding steroid dienone is 3. The summed E-state index contributed by atoms with van der Waals surface area (Å²) in [5.74, 6) is 0.870. The van der Waals surface area contributed by atoms with Gasteiger partial charge in [0, 0.05) is 29.3 Å². The summed E-state index contributed by atoms with van der Waals surface area (Å²) in [4.78, 5) is 26.5. The van der Waals surface area contributed by atoms with Gasteiger partial charge >= 0.3 is 5.97 Å². The minimum atomic E-state index is -0.549. The van der Waals surface area contributed by atoms with E-state index in [4.69, 9.17) is 18.9 Å². The number of ether oxygens (including phenoxy) is 4. The molecule has 1 aliphatic carbocycles. The second-order valence-electron chi connectivity index (χ2n) is 8.30. The lowest BCUT2D eigenvalue weighted by Gasteiger charge is -2.34. The molecule has 2 aliphatic rings. The predicted molar refractivity (Wildman–Crippen MR) is 127 cm³/mol. The Morgan fingerprint density at radius 1 is 0.971 bits per heavy atom. The summed E-state index contributed by atoms with van der Waals surface area (Å²) in [6.45, 7) is 1.96. The number of hydrogen-bond donors (Lipinski definition) is 1. The quantitative estimate of drug-likeness (QED) is 0.609. The summed E-state index contributed by atoms with van der Waals surface area (Å²) in [5, 5.41) is 3.31. The van der Waals surface area contributed by atoms with Crippen LogP contribution in [0.2, 0.25) is 0 Å². The van der Waals surface area contributed by atoms with Crippen molar-refractivity contribution in [1.29, 1.82) is 0 Å². The number of nitrogens with one attached hydrogen (secondary N) is 1. The minimum Gasteiger partial charge on any atom is -0.497 e. The van der Waals surface area contributed by atoms with Crippen LogP contribution in [0.3, 0.4) is 0 Å². The van der Waals surface area contributed by atoms with Crippen LogP contribution in [0.5, 0.6) is 17.2 Å². The number of Topliss-reactive ketones (excluding diaryl/α,β-unsaturated/α-hetero) is 1. The van der Waals surface area contributed by atoms with E-state index in [1.54, 1.807) is 27.4 Å². The third-order valence-corrected chi connectivity index (χ3v) is 6.27. The number of carbonyl (C=O) groups is 2. The summed E-state index contributed by atoms with van der Waals surface area (Å²) in [6.07, 6.45) is 2.00. The lowest BCUT2D eigenvalue weighted by Crippen LogP contribution is -2.34. The molecule has 0 radical (unpaired) electrons. The van der Waals surface area contributed by atoms with Gasteiger partial charge in [0.15, 0.2) is 17.3 Å². The van der Waals surface area contributed by atoms with Crippen molar-refractivity contribution in [2.45, 2.75) is 38.7 Å². The Morgan fingerprint density at radius 2 is 1.71 bits per heavy atom. The van der Waals surface area contributed by atoms with Crippen molar-refractivity contribution in [3.8, 4) is 17.2 Å². The van der Waals surface area contributed by atoms with Crippen molar-refractivity contribution in [3.63, 3.8) is 0 Å². The average molecular weight is 464 g/mol. The van der Waals surface area contributed by atoms with Crippen molar-refractivity contribution in [2.24, 2.45) is 0 Å². The highest BCUT2D eigenvalue weighted by Crippen LogP contribution is 2.44. The molecular weight excluding hydrogens is 434 g/mol. The summed E-state index contributed by atoms with van der Waals surface area (Å²) in [7, 11) is 4.73. The highest BCUT2D eigenvalue weighted by Gasteiger charge is 2.39. The summed E-state index contributed by atoms with van der Waals surface area (Å²) < 4.78 is 21.8. The molecule has 0 bridgehead atoms. The van der Waals surface area contributed by atoms with Crippen LogP contribution in [0, 0.1) is 0 Å². The highest BCUT2D eigenvalue weighted by atomic mass is 16.5. The maximum Gasteiger partial charge on any atom is 0.337 e. The van der Waals surface area contributed by atoms with Crippen molar-refractivity contribution in [1.82, 2.24) is 5.32 Å². The molecule has 1 aliphatic heterocycles. The number of methoxy groups -OCH3 is 3. The van der Waals surface area contributed by atoms with Crippen molar-refractivity contribution >= 4 is 11.8 Å². The van der Waals surface area contributed by atoms with E-state index < -0.39 is 11.9 Å². The number of benzene rings is 2. The zero-order valence-corrected chi connectivity index (χ0v) is 19.9. The Hall–Kier alpha value is -3.74. The summed E-state index contributed by atoms with van der Waals surface area (Å²) in [6, 6.07) is 12.8. The molecule has 0 saturated heterocycles. The van der Waals surface area contributed by atoms with Gasteiger partial charge in [-0.2, -0.15) is 0 Å². The molecule has 4 rings (SSSR count). The van der Waals surface area contributed by atoms with Crippen LogP contribution in [-0.4, -0.2) is 33.1 Å². The Morgan fingerprint density at radius 3 is 2.38 bits per heavy atom. The largest absolute Gasteiger partial charge is 0.497 e. The molecule has 1 heterocycles. The number of esters is 1. The molecule has 0 aromatic heterocycles. The van der Waals surface area contributed by atoms with Crippen LogP contribution in [0.1, 0.15) is 43.2 Å². The Bertz CT molecular complexity index is 1160. The van der Waals surface area contributed by atoms with E-state index >= 15 is 0 Å². The summed E-state index contributed by atoms with van der Waals surface area (Å²) >= 11 is 0. The molecule has 0 fully saturated rings. The normalized spacial score (nSPS) is 17.6. The van der Waals surface area contributed by atoms with Crippen LogP contribution in [0.25, 0.3) is 0 Å². The van der Waals surface area contributed by atoms with Gasteiger partial charge in [-0.3, -0.25) is 4.79 Å². The lowest BCUT2D eigenvalue weighted by molar-refractivity contribution is -0.140. The van der Waals surface area contributed by atoms with E-state index in [2.05, 4.69) is 5.32 Å². The maximum atomic E-state index is 13.4. The molecule has 1 atom stereocenters. The third kappa shape index (κ3) is 4.51. The number of rotatable bonds is 7. The van der Waals surface area contributed by atoms with E-state index in [0.717, 1.165) is 35.4 Å². The Kier molecular flexibility index (Phi) is 6.91. The number of ketones is 1. The topological polar surface area (TPSA) is 83.1 Å². The first kappa shape index (κ1) is 23.4. The van der Waals surface area contributed by atoms with Crippen LogP contribution in [0.4, 0.5) is 0 Å². The first-order valence-electron chi connectivity index (χ1n) is 11.2. The first-order chi connectivity index (χ1) is 16.5. The lowest BCUT2D eigenvalue weighted by atomic mass is 9.75. The van der Waals surface area contributed by atoms with Crippen molar-refractivity contribution < 1.29 is 28.5 Å². The van der Waals surface area contributed by atoms with Crippen LogP contribution in [-0.2, 0) is 20.9 Å². The van der Waals surface area contributed by atoms with Gasteiger partial charge in [0.05, 0.1) is 26.9 Å². The van der Waals surface area contributed by atoms with Gasteiger partial charge in [-0.1, -0.05) is 18.2 Å². The van der Waals surface area contributed by atoms with Crippen molar-refractivity contribution in [2.75, 3.05) is 21.3 Å². The fraction of sp³-hybridized carbons (Fsp3) is 0.333. The SMILES string of the molecule is COc1ccc(COC(=O)C2=C(C)NC3=C(C(=O)CCC3)C2c2ccc(OC)c(OC)c2)cc1. The van der Waals surface area contributed by atoms with Crippen molar-refractivity contribution in [3.05, 3.63) is 76.1 Å². The number of dihydropyridines is 1. The average Bonchev–Trinajstić information content (AvgIpc) is 2.86. The number of carbonyl (C=O) groups excluding carboxylic acids is 2. The van der Waals surface area contributed by atoms with Gasteiger partial charge < -0.3 is 24.3 Å². The van der Waals surface area contributed by atoms with Crippen LogP contribution < -0.4 is 19.5 Å².